The fraction of sp³-hybridized carbons (Fsp3) is 0.333. The van der Waals surface area contributed by atoms with Crippen molar-refractivity contribution in [2.75, 3.05) is 0 Å². The van der Waals surface area contributed by atoms with Gasteiger partial charge >= 0.3 is 0 Å². The molecule has 1 nitrogen and oxygen atoms in total. The van der Waals surface area contributed by atoms with Crippen LogP contribution in [0.1, 0.15) is 30.3 Å². The normalized spacial score (nSPS) is 12.2. The summed E-state index contributed by atoms with van der Waals surface area (Å²) in [6, 6.07) is 16.0. The smallest absolute Gasteiger partial charge is 0.0457 e. The summed E-state index contributed by atoms with van der Waals surface area (Å²) in [7, 11) is 0. The molecular weight excluding hydrogens is 262 g/mol. The van der Waals surface area contributed by atoms with Crippen LogP contribution in [-0.2, 0) is 6.42 Å². The summed E-state index contributed by atoms with van der Waals surface area (Å²) in [5, 5.41) is 5.79. The van der Waals surface area contributed by atoms with E-state index < -0.39 is 0 Å². The van der Waals surface area contributed by atoms with Crippen molar-refractivity contribution in [2.45, 2.75) is 32.4 Å². The molecule has 1 N–H and O–H groups in total. The molecule has 0 aliphatic carbocycles. The Kier molecular flexibility index (Phi) is 6.41. The second-order valence-corrected chi connectivity index (χ2v) is 5.56. The highest BCUT2D eigenvalue weighted by Crippen LogP contribution is 2.23. The topological polar surface area (TPSA) is 12.0 Å². The SMILES string of the molecule is CC(C)NC(Cc1ccccc1)c1cccs1.Cl. The Balaban J connectivity index is 0.00000162. The third kappa shape index (κ3) is 4.45. The maximum Gasteiger partial charge on any atom is 0.0457 e. The predicted octanol–water partition coefficient (Wildman–Crippen LogP) is 4.45. The molecule has 0 aliphatic rings. The first-order valence-electron chi connectivity index (χ1n) is 6.09. The van der Waals surface area contributed by atoms with E-state index in [4.69, 9.17) is 0 Å². The van der Waals surface area contributed by atoms with E-state index in [-0.39, 0.29) is 12.4 Å². The Bertz CT molecular complexity index is 425. The fourth-order valence-electron chi connectivity index (χ4n) is 1.98. The molecular formula is C15H20ClNS. The van der Waals surface area contributed by atoms with Crippen molar-refractivity contribution in [2.24, 2.45) is 0 Å². The van der Waals surface area contributed by atoms with Gasteiger partial charge in [0.1, 0.15) is 0 Å². The number of hydrogen-bond donors (Lipinski definition) is 1. The zero-order valence-corrected chi connectivity index (χ0v) is 12.4. The van der Waals surface area contributed by atoms with Crippen molar-refractivity contribution < 1.29 is 0 Å². The summed E-state index contributed by atoms with van der Waals surface area (Å²) in [5.74, 6) is 0. The highest BCUT2D eigenvalue weighted by Gasteiger charge is 2.13. The first kappa shape index (κ1) is 15.2. The van der Waals surface area contributed by atoms with E-state index in [1.54, 1.807) is 0 Å². The lowest BCUT2D eigenvalue weighted by atomic mass is 10.0. The third-order valence-electron chi connectivity index (χ3n) is 2.70. The van der Waals surface area contributed by atoms with E-state index >= 15 is 0 Å². The number of halogens is 1. The maximum atomic E-state index is 3.64. The second kappa shape index (κ2) is 7.57. The van der Waals surface area contributed by atoms with Gasteiger partial charge in [0.05, 0.1) is 0 Å². The van der Waals surface area contributed by atoms with Gasteiger partial charge in [-0.1, -0.05) is 50.2 Å². The molecule has 0 saturated heterocycles. The Morgan fingerprint density at radius 3 is 2.33 bits per heavy atom. The van der Waals surface area contributed by atoms with Gasteiger partial charge in [-0.3, -0.25) is 0 Å². The molecule has 0 bridgehead atoms. The molecule has 1 aromatic carbocycles. The molecule has 0 radical (unpaired) electrons. The van der Waals surface area contributed by atoms with E-state index in [0.717, 1.165) is 6.42 Å². The molecule has 0 fully saturated rings. The lowest BCUT2D eigenvalue weighted by molar-refractivity contribution is 0.480. The number of thiophene rings is 1. The zero-order chi connectivity index (χ0) is 12.1. The highest BCUT2D eigenvalue weighted by atomic mass is 35.5. The molecule has 18 heavy (non-hydrogen) atoms. The summed E-state index contributed by atoms with van der Waals surface area (Å²) in [5.41, 5.74) is 1.39. The van der Waals surface area contributed by atoms with Crippen molar-refractivity contribution in [3.63, 3.8) is 0 Å². The lowest BCUT2D eigenvalue weighted by Crippen LogP contribution is -2.29. The molecule has 0 aliphatic heterocycles. The molecule has 0 amide bonds. The average molecular weight is 282 g/mol. The molecule has 1 aromatic heterocycles. The number of benzene rings is 1. The van der Waals surface area contributed by atoms with E-state index in [0.29, 0.717) is 12.1 Å². The minimum Gasteiger partial charge on any atom is -0.307 e. The molecule has 0 saturated carbocycles. The summed E-state index contributed by atoms with van der Waals surface area (Å²) in [6.45, 7) is 4.40. The molecule has 1 unspecified atom stereocenters. The summed E-state index contributed by atoms with van der Waals surface area (Å²) in [6.07, 6.45) is 1.06. The predicted molar refractivity (Wildman–Crippen MR) is 82.7 cm³/mol. The van der Waals surface area contributed by atoms with Crippen molar-refractivity contribution in [1.29, 1.82) is 0 Å². The Hall–Kier alpha value is -0.830. The number of hydrogen-bond acceptors (Lipinski definition) is 2. The van der Waals surface area contributed by atoms with Gasteiger partial charge in [0.25, 0.3) is 0 Å². The number of rotatable bonds is 5. The minimum absolute atomic E-state index is 0. The van der Waals surface area contributed by atoms with Crippen LogP contribution in [0, 0.1) is 0 Å². The minimum atomic E-state index is 0. The molecule has 0 spiro atoms. The second-order valence-electron chi connectivity index (χ2n) is 4.58. The van der Waals surface area contributed by atoms with Crippen molar-refractivity contribution in [1.82, 2.24) is 5.32 Å². The van der Waals surface area contributed by atoms with Crippen LogP contribution in [0.4, 0.5) is 0 Å². The van der Waals surface area contributed by atoms with Crippen LogP contribution in [-0.4, -0.2) is 6.04 Å². The largest absolute Gasteiger partial charge is 0.307 e. The van der Waals surface area contributed by atoms with Crippen molar-refractivity contribution >= 4 is 23.7 Å². The van der Waals surface area contributed by atoms with Crippen LogP contribution in [0.25, 0.3) is 0 Å². The lowest BCUT2D eigenvalue weighted by Gasteiger charge is -2.20. The van der Waals surface area contributed by atoms with Gasteiger partial charge < -0.3 is 5.32 Å². The average Bonchev–Trinajstić information content (AvgIpc) is 2.82. The summed E-state index contributed by atoms with van der Waals surface area (Å²) in [4.78, 5) is 1.42. The Morgan fingerprint density at radius 1 is 1.06 bits per heavy atom. The van der Waals surface area contributed by atoms with Gasteiger partial charge in [-0.25, -0.2) is 0 Å². The first-order chi connectivity index (χ1) is 8.25. The van der Waals surface area contributed by atoms with Gasteiger partial charge in [-0.15, -0.1) is 23.7 Å². The van der Waals surface area contributed by atoms with Gasteiger partial charge in [-0.05, 0) is 23.4 Å². The van der Waals surface area contributed by atoms with Crippen LogP contribution < -0.4 is 5.32 Å². The van der Waals surface area contributed by atoms with Crippen LogP contribution in [0.2, 0.25) is 0 Å². The molecule has 2 aromatic rings. The van der Waals surface area contributed by atoms with E-state index in [1.807, 2.05) is 11.3 Å². The fourth-order valence-corrected chi connectivity index (χ4v) is 2.77. The third-order valence-corrected chi connectivity index (χ3v) is 3.69. The number of nitrogens with one attached hydrogen (secondary N) is 1. The van der Waals surface area contributed by atoms with Gasteiger partial charge in [0.2, 0.25) is 0 Å². The molecule has 98 valence electrons. The molecule has 2 rings (SSSR count). The quantitative estimate of drug-likeness (QED) is 0.854. The van der Waals surface area contributed by atoms with Crippen molar-refractivity contribution in [3.05, 3.63) is 58.3 Å². The van der Waals surface area contributed by atoms with Crippen LogP contribution >= 0.6 is 23.7 Å². The van der Waals surface area contributed by atoms with Crippen LogP contribution in [0.3, 0.4) is 0 Å². The standard InChI is InChI=1S/C15H19NS.ClH/c1-12(2)16-14(15-9-6-10-17-15)11-13-7-4-3-5-8-13;/h3-10,12,14,16H,11H2,1-2H3;1H. The molecule has 1 heterocycles. The Labute approximate surface area is 120 Å². The highest BCUT2D eigenvalue weighted by molar-refractivity contribution is 7.10. The van der Waals surface area contributed by atoms with E-state index in [9.17, 15) is 0 Å². The molecule has 1 atom stereocenters. The van der Waals surface area contributed by atoms with E-state index in [2.05, 4.69) is 67.0 Å². The van der Waals surface area contributed by atoms with E-state index in [1.165, 1.54) is 10.4 Å². The maximum absolute atomic E-state index is 3.64. The van der Waals surface area contributed by atoms with Gasteiger partial charge in [-0.2, -0.15) is 0 Å². The zero-order valence-electron chi connectivity index (χ0n) is 10.8. The Morgan fingerprint density at radius 2 is 1.78 bits per heavy atom. The monoisotopic (exact) mass is 281 g/mol. The van der Waals surface area contributed by atoms with Gasteiger partial charge in [0, 0.05) is 17.0 Å². The summed E-state index contributed by atoms with van der Waals surface area (Å²) < 4.78 is 0. The van der Waals surface area contributed by atoms with Crippen LogP contribution in [0.5, 0.6) is 0 Å². The first-order valence-corrected chi connectivity index (χ1v) is 6.97. The van der Waals surface area contributed by atoms with Crippen molar-refractivity contribution in [3.8, 4) is 0 Å². The molecule has 3 heteroatoms. The van der Waals surface area contributed by atoms with Crippen LogP contribution in [0.15, 0.2) is 47.8 Å². The summed E-state index contributed by atoms with van der Waals surface area (Å²) >= 11 is 1.83. The van der Waals surface area contributed by atoms with Gasteiger partial charge in [0.15, 0.2) is 0 Å².